The molecule has 2 heterocycles. The highest BCUT2D eigenvalue weighted by Gasteiger charge is 2.65. The van der Waals surface area contributed by atoms with Gasteiger partial charge in [-0.25, -0.2) is 0 Å². The maximum atomic E-state index is 13.0. The van der Waals surface area contributed by atoms with E-state index in [0.29, 0.717) is 18.6 Å². The molecule has 6 heteroatoms. The van der Waals surface area contributed by atoms with Crippen LogP contribution in [0.2, 0.25) is 0 Å². The van der Waals surface area contributed by atoms with Crippen LogP contribution in [0.15, 0.2) is 17.5 Å². The van der Waals surface area contributed by atoms with Crippen LogP contribution in [0, 0.1) is 5.21 Å². The van der Waals surface area contributed by atoms with E-state index in [2.05, 4.69) is 0 Å². The highest BCUT2D eigenvalue weighted by molar-refractivity contribution is 7.12. The molecular weight excluding hydrogens is 288 g/mol. The molecule has 0 radical (unpaired) electrons. The number of thiophene rings is 1. The van der Waals surface area contributed by atoms with Crippen molar-refractivity contribution in [2.45, 2.75) is 57.2 Å². The lowest BCUT2D eigenvalue weighted by Gasteiger charge is -2.33. The molecule has 1 aliphatic heterocycles. The minimum Gasteiger partial charge on any atom is -0.622 e. The first-order valence-electron chi connectivity index (χ1n) is 7.33. The molecule has 0 aromatic carbocycles. The van der Waals surface area contributed by atoms with E-state index < -0.39 is 11.2 Å². The summed E-state index contributed by atoms with van der Waals surface area (Å²) in [6, 6.07) is 3.74. The van der Waals surface area contributed by atoms with Gasteiger partial charge in [0.05, 0.1) is 4.88 Å². The molecule has 21 heavy (non-hydrogen) atoms. The Morgan fingerprint density at radius 3 is 2.81 bits per heavy atom. The SMILES string of the molecule is CC1(C)C(c2cccs2)=[N+]([O-])[C@]2(CCCCCC2=O)N1O. The molecule has 0 saturated heterocycles. The smallest absolute Gasteiger partial charge is 0.310 e. The van der Waals surface area contributed by atoms with E-state index in [1.165, 1.54) is 11.3 Å². The van der Waals surface area contributed by atoms with Crippen molar-refractivity contribution in [1.82, 2.24) is 5.06 Å². The minimum atomic E-state index is -1.45. The summed E-state index contributed by atoms with van der Waals surface area (Å²) >= 11 is 1.45. The molecule has 1 aliphatic carbocycles. The Hall–Kier alpha value is -1.24. The zero-order valence-electron chi connectivity index (χ0n) is 12.3. The van der Waals surface area contributed by atoms with Crippen molar-refractivity contribution < 1.29 is 14.7 Å². The molecule has 0 unspecified atom stereocenters. The van der Waals surface area contributed by atoms with Crippen LogP contribution in [0.25, 0.3) is 0 Å². The van der Waals surface area contributed by atoms with E-state index >= 15 is 0 Å². The molecule has 1 aromatic heterocycles. The van der Waals surface area contributed by atoms with Crippen molar-refractivity contribution in [3.63, 3.8) is 0 Å². The third-order valence-electron chi connectivity index (χ3n) is 4.63. The number of hydroxylamine groups is 3. The molecule has 1 fully saturated rings. The topological polar surface area (TPSA) is 66.6 Å². The third-order valence-corrected chi connectivity index (χ3v) is 5.51. The molecule has 114 valence electrons. The fraction of sp³-hybridized carbons (Fsp3) is 0.600. The Morgan fingerprint density at radius 2 is 2.14 bits per heavy atom. The second-order valence-electron chi connectivity index (χ2n) is 6.29. The Kier molecular flexibility index (Phi) is 3.43. The van der Waals surface area contributed by atoms with Gasteiger partial charge in [-0.2, -0.15) is 4.74 Å². The third kappa shape index (κ3) is 1.89. The van der Waals surface area contributed by atoms with Gasteiger partial charge < -0.3 is 10.4 Å². The zero-order valence-corrected chi connectivity index (χ0v) is 13.2. The van der Waals surface area contributed by atoms with Gasteiger partial charge >= 0.3 is 5.66 Å². The average Bonchev–Trinajstić information content (AvgIpc) is 2.92. The van der Waals surface area contributed by atoms with Crippen LogP contribution < -0.4 is 0 Å². The fourth-order valence-electron chi connectivity index (χ4n) is 3.51. The quantitative estimate of drug-likeness (QED) is 0.640. The normalized spacial score (nSPS) is 30.1. The van der Waals surface area contributed by atoms with Crippen molar-refractivity contribution in [3.8, 4) is 0 Å². The molecule has 0 bridgehead atoms. The number of hydrogen-bond acceptors (Lipinski definition) is 5. The number of Topliss-reactive ketones (excluding diaryl/α,β-unsaturated/α-hetero) is 1. The average molecular weight is 308 g/mol. The van der Waals surface area contributed by atoms with Gasteiger partial charge in [0.15, 0.2) is 0 Å². The summed E-state index contributed by atoms with van der Waals surface area (Å²) in [6.07, 6.45) is 3.21. The molecule has 5 nitrogen and oxygen atoms in total. The summed E-state index contributed by atoms with van der Waals surface area (Å²) in [5.74, 6) is -0.169. The van der Waals surface area contributed by atoms with Crippen LogP contribution >= 0.6 is 11.3 Å². The Morgan fingerprint density at radius 1 is 1.38 bits per heavy atom. The van der Waals surface area contributed by atoms with Crippen molar-refractivity contribution in [2.24, 2.45) is 0 Å². The van der Waals surface area contributed by atoms with Gasteiger partial charge in [-0.15, -0.1) is 16.4 Å². The van der Waals surface area contributed by atoms with Gasteiger partial charge in [0.25, 0.3) is 0 Å². The first-order valence-corrected chi connectivity index (χ1v) is 8.21. The Bertz CT molecular complexity index is 594. The maximum Gasteiger partial charge on any atom is 0.310 e. The number of carbonyl (C=O) groups is 1. The lowest BCUT2D eigenvalue weighted by atomic mass is 9.94. The Balaban J connectivity index is 2.20. The van der Waals surface area contributed by atoms with Crippen molar-refractivity contribution in [1.29, 1.82) is 0 Å². The first kappa shape index (κ1) is 14.7. The van der Waals surface area contributed by atoms with Gasteiger partial charge in [0.1, 0.15) is 5.54 Å². The van der Waals surface area contributed by atoms with Gasteiger partial charge in [0.2, 0.25) is 11.5 Å². The van der Waals surface area contributed by atoms with Gasteiger partial charge in [-0.3, -0.25) is 4.79 Å². The molecule has 1 aromatic rings. The summed E-state index contributed by atoms with van der Waals surface area (Å²) in [5.41, 5.74) is -1.85. The van der Waals surface area contributed by atoms with Gasteiger partial charge in [0, 0.05) is 12.8 Å². The largest absolute Gasteiger partial charge is 0.622 e. The summed E-state index contributed by atoms with van der Waals surface area (Å²) in [6.45, 7) is 3.58. The first-order chi connectivity index (χ1) is 9.92. The Labute approximate surface area is 128 Å². The fourth-order valence-corrected chi connectivity index (χ4v) is 4.41. The molecule has 1 N–H and O–H groups in total. The van der Waals surface area contributed by atoms with E-state index in [1.54, 1.807) is 13.8 Å². The van der Waals surface area contributed by atoms with Crippen LogP contribution in [0.1, 0.15) is 50.8 Å². The monoisotopic (exact) mass is 308 g/mol. The standard InChI is InChI=1S/C15H20N2O3S/c1-14(2)13(11-7-6-10-21-11)16(19)15(17(14)20)9-5-3-4-8-12(15)18/h6-7,10,20H,3-5,8-9H2,1-2H3/t15-/m1/s1. The van der Waals surface area contributed by atoms with Crippen molar-refractivity contribution in [2.75, 3.05) is 0 Å². The van der Waals surface area contributed by atoms with Crippen molar-refractivity contribution >= 4 is 22.8 Å². The van der Waals surface area contributed by atoms with Gasteiger partial charge in [-0.1, -0.05) is 12.5 Å². The number of ketones is 1. The van der Waals surface area contributed by atoms with E-state index in [1.807, 2.05) is 17.5 Å². The molecule has 0 amide bonds. The van der Waals surface area contributed by atoms with Crippen LogP contribution in [-0.4, -0.2) is 37.7 Å². The summed E-state index contributed by atoms with van der Waals surface area (Å²) in [5, 5.41) is 26.7. The number of hydrogen-bond donors (Lipinski definition) is 1. The highest BCUT2D eigenvalue weighted by atomic mass is 32.1. The van der Waals surface area contributed by atoms with E-state index in [-0.39, 0.29) is 5.78 Å². The summed E-state index contributed by atoms with van der Waals surface area (Å²) < 4.78 is 0.784. The lowest BCUT2D eigenvalue weighted by molar-refractivity contribution is -0.572. The molecule has 3 rings (SSSR count). The van der Waals surface area contributed by atoms with Crippen LogP contribution in [0.5, 0.6) is 0 Å². The van der Waals surface area contributed by atoms with E-state index in [4.69, 9.17) is 0 Å². The molecule has 1 spiro atoms. The van der Waals surface area contributed by atoms with Crippen LogP contribution in [0.4, 0.5) is 0 Å². The van der Waals surface area contributed by atoms with E-state index in [0.717, 1.165) is 33.9 Å². The second-order valence-corrected chi connectivity index (χ2v) is 7.24. The molecule has 2 aliphatic rings. The molecule has 1 atom stereocenters. The maximum absolute atomic E-state index is 13.0. The number of rotatable bonds is 1. The zero-order chi connectivity index (χ0) is 15.3. The highest BCUT2D eigenvalue weighted by Crippen LogP contribution is 2.41. The summed E-state index contributed by atoms with van der Waals surface area (Å²) in [7, 11) is 0. The van der Waals surface area contributed by atoms with Crippen molar-refractivity contribution in [3.05, 3.63) is 27.6 Å². The van der Waals surface area contributed by atoms with Crippen LogP contribution in [-0.2, 0) is 4.79 Å². The van der Waals surface area contributed by atoms with Gasteiger partial charge in [-0.05, 0) is 38.1 Å². The predicted molar refractivity (Wildman–Crippen MR) is 80.6 cm³/mol. The second kappa shape index (κ2) is 4.90. The molecular formula is C15H20N2O3S. The minimum absolute atomic E-state index is 0.169. The number of carbonyl (C=O) groups excluding carboxylic acids is 1. The molecule has 1 saturated carbocycles. The predicted octanol–water partition coefficient (Wildman–Crippen LogP) is 2.76. The summed E-state index contributed by atoms with van der Waals surface area (Å²) in [4.78, 5) is 13.4. The lowest BCUT2D eigenvalue weighted by Crippen LogP contribution is -2.59. The van der Waals surface area contributed by atoms with E-state index in [9.17, 15) is 15.2 Å². The van der Waals surface area contributed by atoms with Crippen LogP contribution in [0.3, 0.4) is 0 Å². The number of nitrogens with zero attached hydrogens (tertiary/aromatic N) is 2.